The van der Waals surface area contributed by atoms with Crippen molar-refractivity contribution in [3.63, 3.8) is 0 Å². The fraction of sp³-hybridized carbons (Fsp3) is 0.312. The second-order valence-corrected chi connectivity index (χ2v) is 5.76. The predicted molar refractivity (Wildman–Crippen MR) is 88.9 cm³/mol. The highest BCUT2D eigenvalue weighted by Gasteiger charge is 2.22. The Hall–Kier alpha value is -2.34. The standard InChI is InChI=1S/C16H17ClN4O2/c1-2-20-10-11(9-18-20)16(23)19-14-8-12(5-6-13(14)17)21-7-3-4-15(21)22/h5-6,8-10H,2-4,7H2,1H3,(H,19,23). The number of carbonyl (C=O) groups is 2. The summed E-state index contributed by atoms with van der Waals surface area (Å²) in [6, 6.07) is 5.21. The zero-order valence-corrected chi connectivity index (χ0v) is 13.5. The van der Waals surface area contributed by atoms with Crippen molar-refractivity contribution in [2.45, 2.75) is 26.3 Å². The average molecular weight is 333 g/mol. The summed E-state index contributed by atoms with van der Waals surface area (Å²) in [7, 11) is 0. The molecule has 2 heterocycles. The quantitative estimate of drug-likeness (QED) is 0.936. The van der Waals surface area contributed by atoms with Crippen LogP contribution >= 0.6 is 11.6 Å². The molecule has 0 radical (unpaired) electrons. The third-order valence-electron chi connectivity index (χ3n) is 3.80. The first-order valence-electron chi connectivity index (χ1n) is 7.52. The van der Waals surface area contributed by atoms with Crippen molar-refractivity contribution < 1.29 is 9.59 Å². The molecule has 6 nitrogen and oxygen atoms in total. The number of hydrogen-bond donors (Lipinski definition) is 1. The first-order chi connectivity index (χ1) is 11.1. The lowest BCUT2D eigenvalue weighted by atomic mass is 10.2. The third-order valence-corrected chi connectivity index (χ3v) is 4.13. The summed E-state index contributed by atoms with van der Waals surface area (Å²) in [5.41, 5.74) is 1.69. The van der Waals surface area contributed by atoms with Gasteiger partial charge in [-0.25, -0.2) is 0 Å². The van der Waals surface area contributed by atoms with Crippen molar-refractivity contribution in [3.05, 3.63) is 41.2 Å². The number of halogens is 1. The van der Waals surface area contributed by atoms with Crippen LogP contribution in [0.3, 0.4) is 0 Å². The van der Waals surface area contributed by atoms with Crippen molar-refractivity contribution >= 4 is 34.8 Å². The van der Waals surface area contributed by atoms with Crippen LogP contribution in [0.4, 0.5) is 11.4 Å². The molecule has 2 aromatic rings. The summed E-state index contributed by atoms with van der Waals surface area (Å²) in [6.07, 6.45) is 4.59. The maximum atomic E-state index is 12.3. The topological polar surface area (TPSA) is 67.2 Å². The van der Waals surface area contributed by atoms with Crippen molar-refractivity contribution in [2.75, 3.05) is 16.8 Å². The minimum absolute atomic E-state index is 0.0915. The molecule has 1 fully saturated rings. The van der Waals surface area contributed by atoms with Crippen LogP contribution in [-0.4, -0.2) is 28.1 Å². The number of benzene rings is 1. The van der Waals surface area contributed by atoms with Gasteiger partial charge in [0.1, 0.15) is 0 Å². The van der Waals surface area contributed by atoms with Crippen LogP contribution in [0.2, 0.25) is 5.02 Å². The van der Waals surface area contributed by atoms with E-state index < -0.39 is 0 Å². The van der Waals surface area contributed by atoms with Gasteiger partial charge < -0.3 is 10.2 Å². The van der Waals surface area contributed by atoms with Crippen LogP contribution in [0, 0.1) is 0 Å². The second-order valence-electron chi connectivity index (χ2n) is 5.35. The molecule has 1 aromatic heterocycles. The fourth-order valence-electron chi connectivity index (χ4n) is 2.55. The average Bonchev–Trinajstić information content (AvgIpc) is 3.18. The number of hydrogen-bond acceptors (Lipinski definition) is 3. The highest BCUT2D eigenvalue weighted by Crippen LogP contribution is 2.30. The van der Waals surface area contributed by atoms with E-state index in [1.54, 1.807) is 34.0 Å². The molecule has 0 unspecified atom stereocenters. The number of nitrogens with one attached hydrogen (secondary N) is 1. The molecule has 7 heteroatoms. The molecular weight excluding hydrogens is 316 g/mol. The Balaban J connectivity index is 1.81. The zero-order chi connectivity index (χ0) is 16.4. The lowest BCUT2D eigenvalue weighted by Crippen LogP contribution is -2.23. The highest BCUT2D eigenvalue weighted by molar-refractivity contribution is 6.34. The van der Waals surface area contributed by atoms with Gasteiger partial charge in [0.2, 0.25) is 5.91 Å². The molecular formula is C16H17ClN4O2. The van der Waals surface area contributed by atoms with Crippen molar-refractivity contribution in [2.24, 2.45) is 0 Å². The second kappa shape index (κ2) is 6.42. The molecule has 1 saturated heterocycles. The first kappa shape index (κ1) is 15.6. The molecule has 0 saturated carbocycles. The lowest BCUT2D eigenvalue weighted by Gasteiger charge is -2.17. The van der Waals surface area contributed by atoms with E-state index in [0.29, 0.717) is 35.8 Å². The predicted octanol–water partition coefficient (Wildman–Crippen LogP) is 2.94. The van der Waals surface area contributed by atoms with E-state index in [1.807, 2.05) is 6.92 Å². The molecule has 1 N–H and O–H groups in total. The van der Waals surface area contributed by atoms with Crippen molar-refractivity contribution in [3.8, 4) is 0 Å². The minimum Gasteiger partial charge on any atom is -0.320 e. The highest BCUT2D eigenvalue weighted by atomic mass is 35.5. The number of aromatic nitrogens is 2. The van der Waals surface area contributed by atoms with Gasteiger partial charge in [0, 0.05) is 31.4 Å². The van der Waals surface area contributed by atoms with Gasteiger partial charge >= 0.3 is 0 Å². The number of anilines is 2. The molecule has 0 spiro atoms. The van der Waals surface area contributed by atoms with Crippen molar-refractivity contribution in [1.82, 2.24) is 9.78 Å². The SMILES string of the molecule is CCn1cc(C(=O)Nc2cc(N3CCCC3=O)ccc2Cl)cn1. The maximum absolute atomic E-state index is 12.3. The van der Waals surface area contributed by atoms with E-state index in [2.05, 4.69) is 10.4 Å². The molecule has 1 aliphatic rings. The lowest BCUT2D eigenvalue weighted by molar-refractivity contribution is -0.117. The van der Waals surface area contributed by atoms with Crippen LogP contribution < -0.4 is 10.2 Å². The Labute approximate surface area is 139 Å². The fourth-order valence-corrected chi connectivity index (χ4v) is 2.71. The largest absolute Gasteiger partial charge is 0.320 e. The number of aryl methyl sites for hydroxylation is 1. The molecule has 120 valence electrons. The van der Waals surface area contributed by atoms with Crippen LogP contribution in [0.1, 0.15) is 30.1 Å². The molecule has 23 heavy (non-hydrogen) atoms. The molecule has 1 aliphatic heterocycles. The molecule has 2 amide bonds. The summed E-state index contributed by atoms with van der Waals surface area (Å²) in [5, 5.41) is 7.29. The van der Waals surface area contributed by atoms with Crippen LogP contribution in [0.5, 0.6) is 0 Å². The summed E-state index contributed by atoms with van der Waals surface area (Å²) in [4.78, 5) is 25.8. The van der Waals surface area contributed by atoms with E-state index in [9.17, 15) is 9.59 Å². The zero-order valence-electron chi connectivity index (χ0n) is 12.8. The first-order valence-corrected chi connectivity index (χ1v) is 7.90. The van der Waals surface area contributed by atoms with Gasteiger partial charge in [-0.2, -0.15) is 5.10 Å². The summed E-state index contributed by atoms with van der Waals surface area (Å²) in [5.74, 6) is -0.190. The number of amides is 2. The normalized spacial score (nSPS) is 14.3. The van der Waals surface area contributed by atoms with E-state index in [4.69, 9.17) is 11.6 Å². The number of carbonyl (C=O) groups excluding carboxylic acids is 2. The van der Waals surface area contributed by atoms with Gasteiger partial charge in [-0.05, 0) is 31.5 Å². The smallest absolute Gasteiger partial charge is 0.258 e. The molecule has 0 aliphatic carbocycles. The molecule has 0 atom stereocenters. The maximum Gasteiger partial charge on any atom is 0.258 e. The van der Waals surface area contributed by atoms with E-state index in [1.165, 1.54) is 6.20 Å². The molecule has 0 bridgehead atoms. The van der Waals surface area contributed by atoms with Crippen LogP contribution in [-0.2, 0) is 11.3 Å². The Kier molecular flexibility index (Phi) is 4.34. The van der Waals surface area contributed by atoms with Gasteiger partial charge in [-0.3, -0.25) is 14.3 Å². The molecule has 3 rings (SSSR count). The Morgan fingerprint density at radius 3 is 2.91 bits per heavy atom. The van der Waals surface area contributed by atoms with Crippen LogP contribution in [0.25, 0.3) is 0 Å². The Morgan fingerprint density at radius 2 is 2.26 bits per heavy atom. The van der Waals surface area contributed by atoms with Gasteiger partial charge in [-0.1, -0.05) is 11.6 Å². The number of rotatable bonds is 4. The van der Waals surface area contributed by atoms with E-state index >= 15 is 0 Å². The van der Waals surface area contributed by atoms with E-state index in [0.717, 1.165) is 12.1 Å². The summed E-state index contributed by atoms with van der Waals surface area (Å²) in [6.45, 7) is 3.33. The number of nitrogens with zero attached hydrogens (tertiary/aromatic N) is 3. The van der Waals surface area contributed by atoms with Crippen molar-refractivity contribution in [1.29, 1.82) is 0 Å². The van der Waals surface area contributed by atoms with Gasteiger partial charge in [0.15, 0.2) is 0 Å². The van der Waals surface area contributed by atoms with Gasteiger partial charge in [0.25, 0.3) is 5.91 Å². The Morgan fingerprint density at radius 1 is 1.43 bits per heavy atom. The minimum atomic E-state index is -0.281. The summed E-state index contributed by atoms with van der Waals surface area (Å²) >= 11 is 6.16. The van der Waals surface area contributed by atoms with E-state index in [-0.39, 0.29) is 11.8 Å². The third kappa shape index (κ3) is 3.22. The summed E-state index contributed by atoms with van der Waals surface area (Å²) < 4.78 is 1.68. The Bertz CT molecular complexity index is 756. The van der Waals surface area contributed by atoms with Gasteiger partial charge in [0.05, 0.1) is 22.5 Å². The molecule has 1 aromatic carbocycles. The monoisotopic (exact) mass is 332 g/mol. The van der Waals surface area contributed by atoms with Gasteiger partial charge in [-0.15, -0.1) is 0 Å². The van der Waals surface area contributed by atoms with Crippen LogP contribution in [0.15, 0.2) is 30.6 Å².